The molecule has 1 saturated heterocycles. The van der Waals surface area contributed by atoms with E-state index in [1.165, 1.54) is 13.5 Å². The van der Waals surface area contributed by atoms with Gasteiger partial charge < -0.3 is 15.0 Å². The third-order valence-electron chi connectivity index (χ3n) is 5.16. The first kappa shape index (κ1) is 14.8. The number of carbonyl (C=O) groups is 1. The number of nitrogens with one attached hydrogen (secondary N) is 1. The molecule has 1 heterocycles. The molecule has 3 unspecified atom stereocenters. The molecule has 4 nitrogen and oxygen atoms in total. The van der Waals surface area contributed by atoms with E-state index in [4.69, 9.17) is 4.74 Å². The van der Waals surface area contributed by atoms with Gasteiger partial charge in [-0.15, -0.1) is 0 Å². The minimum atomic E-state index is -0.491. The summed E-state index contributed by atoms with van der Waals surface area (Å²) >= 11 is 0. The molecule has 2 fully saturated rings. The topological polar surface area (TPSA) is 41.6 Å². The molecule has 1 N–H and O–H groups in total. The molecule has 0 bridgehead atoms. The van der Waals surface area contributed by atoms with E-state index in [1.807, 2.05) is 7.05 Å². The number of hydrogen-bond donors (Lipinski definition) is 1. The number of esters is 1. The lowest BCUT2D eigenvalue weighted by Gasteiger charge is -2.41. The van der Waals surface area contributed by atoms with Gasteiger partial charge in [-0.3, -0.25) is 0 Å². The summed E-state index contributed by atoms with van der Waals surface area (Å²) in [6, 6.07) is 0. The largest absolute Gasteiger partial charge is 0.468 e. The molecule has 0 spiro atoms. The monoisotopic (exact) mass is 268 g/mol. The predicted octanol–water partition coefficient (Wildman–Crippen LogP) is 1.51. The second-order valence-electron chi connectivity index (χ2n) is 6.47. The van der Waals surface area contributed by atoms with Crippen LogP contribution in [0, 0.1) is 17.8 Å². The Hall–Kier alpha value is -0.610. The van der Waals surface area contributed by atoms with E-state index in [9.17, 15) is 4.79 Å². The van der Waals surface area contributed by atoms with Crippen molar-refractivity contribution >= 4 is 5.97 Å². The summed E-state index contributed by atoms with van der Waals surface area (Å²) in [5.41, 5.74) is -0.491. The third kappa shape index (κ3) is 2.95. The van der Waals surface area contributed by atoms with Crippen LogP contribution >= 0.6 is 0 Å². The summed E-state index contributed by atoms with van der Waals surface area (Å²) in [4.78, 5) is 14.7. The Morgan fingerprint density at radius 3 is 2.47 bits per heavy atom. The zero-order valence-corrected chi connectivity index (χ0v) is 12.7. The molecule has 19 heavy (non-hydrogen) atoms. The zero-order valence-electron chi connectivity index (χ0n) is 12.7. The van der Waals surface area contributed by atoms with Gasteiger partial charge in [0.25, 0.3) is 0 Å². The van der Waals surface area contributed by atoms with Gasteiger partial charge in [0.2, 0.25) is 0 Å². The van der Waals surface area contributed by atoms with E-state index >= 15 is 0 Å². The van der Waals surface area contributed by atoms with Gasteiger partial charge in [0, 0.05) is 13.1 Å². The fourth-order valence-electron chi connectivity index (χ4n) is 3.35. The summed E-state index contributed by atoms with van der Waals surface area (Å²) < 4.78 is 5.07. The molecule has 0 amide bonds. The number of hydrogen-bond acceptors (Lipinski definition) is 4. The second kappa shape index (κ2) is 5.80. The zero-order chi connectivity index (χ0) is 14.0. The number of likely N-dealkylation sites (tertiary alicyclic amines) is 1. The predicted molar refractivity (Wildman–Crippen MR) is 75.9 cm³/mol. The second-order valence-corrected chi connectivity index (χ2v) is 6.47. The maximum absolute atomic E-state index is 12.3. The summed E-state index contributed by atoms with van der Waals surface area (Å²) in [5, 5.41) is 3.29. The van der Waals surface area contributed by atoms with Gasteiger partial charge in [-0.2, -0.15) is 0 Å². The smallest absolute Gasteiger partial charge is 0.327 e. The van der Waals surface area contributed by atoms with Crippen molar-refractivity contribution in [3.63, 3.8) is 0 Å². The molecular weight excluding hydrogens is 240 g/mol. The van der Waals surface area contributed by atoms with Crippen molar-refractivity contribution in [2.24, 2.45) is 17.8 Å². The van der Waals surface area contributed by atoms with Crippen molar-refractivity contribution in [2.45, 2.75) is 38.6 Å². The first-order valence-electron chi connectivity index (χ1n) is 7.53. The Morgan fingerprint density at radius 1 is 1.32 bits per heavy atom. The third-order valence-corrected chi connectivity index (χ3v) is 5.16. The Balaban J connectivity index is 2.06. The van der Waals surface area contributed by atoms with Crippen molar-refractivity contribution in [2.75, 3.05) is 33.8 Å². The fraction of sp³-hybridized carbons (Fsp3) is 0.933. The minimum Gasteiger partial charge on any atom is -0.468 e. The van der Waals surface area contributed by atoms with Crippen molar-refractivity contribution in [3.05, 3.63) is 0 Å². The molecule has 0 aromatic rings. The molecule has 2 aliphatic rings. The van der Waals surface area contributed by atoms with Crippen LogP contribution in [0.15, 0.2) is 0 Å². The number of ether oxygens (including phenoxy) is 1. The van der Waals surface area contributed by atoms with E-state index in [2.05, 4.69) is 24.1 Å². The van der Waals surface area contributed by atoms with Crippen LogP contribution in [0.3, 0.4) is 0 Å². The number of carbonyl (C=O) groups excluding carboxylic acids is 1. The van der Waals surface area contributed by atoms with Crippen LogP contribution in [0.2, 0.25) is 0 Å². The number of rotatable bonds is 5. The summed E-state index contributed by atoms with van der Waals surface area (Å²) in [6.07, 6.45) is 3.50. The van der Waals surface area contributed by atoms with Crippen LogP contribution in [0.4, 0.5) is 0 Å². The van der Waals surface area contributed by atoms with Crippen molar-refractivity contribution < 1.29 is 9.53 Å². The average Bonchev–Trinajstić information content (AvgIpc) is 3.24. The molecule has 1 aliphatic heterocycles. The number of nitrogens with zero attached hydrogens (tertiary/aromatic N) is 1. The van der Waals surface area contributed by atoms with Crippen LogP contribution in [-0.4, -0.2) is 50.2 Å². The molecule has 1 aliphatic carbocycles. The van der Waals surface area contributed by atoms with Crippen LogP contribution in [-0.2, 0) is 9.53 Å². The summed E-state index contributed by atoms with van der Waals surface area (Å²) in [7, 11) is 3.39. The Kier molecular flexibility index (Phi) is 4.51. The van der Waals surface area contributed by atoms with Gasteiger partial charge in [0.15, 0.2) is 0 Å². The Labute approximate surface area is 116 Å². The van der Waals surface area contributed by atoms with Gasteiger partial charge in [0.05, 0.1) is 7.11 Å². The van der Waals surface area contributed by atoms with Gasteiger partial charge >= 0.3 is 5.97 Å². The van der Waals surface area contributed by atoms with Gasteiger partial charge in [0.1, 0.15) is 5.54 Å². The van der Waals surface area contributed by atoms with E-state index in [0.29, 0.717) is 11.8 Å². The molecule has 1 saturated carbocycles. The molecule has 4 heteroatoms. The fourth-order valence-corrected chi connectivity index (χ4v) is 3.35. The lowest BCUT2D eigenvalue weighted by Crippen LogP contribution is -2.61. The molecule has 3 atom stereocenters. The molecule has 0 radical (unpaired) electrons. The Morgan fingerprint density at radius 2 is 2.00 bits per heavy atom. The van der Waals surface area contributed by atoms with Crippen LogP contribution < -0.4 is 5.32 Å². The van der Waals surface area contributed by atoms with Crippen molar-refractivity contribution in [1.82, 2.24) is 10.2 Å². The normalized spacial score (nSPS) is 31.8. The SMILES string of the molecule is CNC(CN1CCC(C)C(C)C1)(C(=O)OC)C1CC1. The Bertz CT molecular complexity index is 330. The van der Waals surface area contributed by atoms with E-state index in [-0.39, 0.29) is 5.97 Å². The van der Waals surface area contributed by atoms with E-state index < -0.39 is 5.54 Å². The van der Waals surface area contributed by atoms with Gasteiger partial charge in [-0.1, -0.05) is 13.8 Å². The van der Waals surface area contributed by atoms with Gasteiger partial charge in [-0.05, 0) is 50.6 Å². The standard InChI is InChI=1S/C15H28N2O2/c1-11-7-8-17(9-12(11)2)10-15(16-3,13-5-6-13)14(18)19-4/h11-13,16H,5-10H2,1-4H3. The maximum atomic E-state index is 12.3. The quantitative estimate of drug-likeness (QED) is 0.767. The molecule has 0 aromatic carbocycles. The number of likely N-dealkylation sites (N-methyl/N-ethyl adjacent to an activating group) is 1. The first-order valence-corrected chi connectivity index (χ1v) is 7.53. The maximum Gasteiger partial charge on any atom is 0.327 e. The number of piperidine rings is 1. The van der Waals surface area contributed by atoms with Crippen molar-refractivity contribution in [1.29, 1.82) is 0 Å². The van der Waals surface area contributed by atoms with Gasteiger partial charge in [-0.25, -0.2) is 4.79 Å². The molecule has 110 valence electrons. The summed E-state index contributed by atoms with van der Waals surface area (Å²) in [5.74, 6) is 1.85. The molecular formula is C15H28N2O2. The van der Waals surface area contributed by atoms with Crippen LogP contribution in [0.1, 0.15) is 33.1 Å². The molecule has 0 aromatic heterocycles. The minimum absolute atomic E-state index is 0.0937. The number of methoxy groups -OCH3 is 1. The van der Waals surface area contributed by atoms with Crippen LogP contribution in [0.25, 0.3) is 0 Å². The highest BCUT2D eigenvalue weighted by atomic mass is 16.5. The lowest BCUT2D eigenvalue weighted by molar-refractivity contribution is -0.150. The van der Waals surface area contributed by atoms with E-state index in [0.717, 1.165) is 38.4 Å². The van der Waals surface area contributed by atoms with Crippen LogP contribution in [0.5, 0.6) is 0 Å². The van der Waals surface area contributed by atoms with E-state index in [1.54, 1.807) is 0 Å². The summed E-state index contributed by atoms with van der Waals surface area (Å²) in [6.45, 7) is 7.62. The molecule has 2 rings (SSSR count). The highest BCUT2D eigenvalue weighted by Crippen LogP contribution is 2.41. The average molecular weight is 268 g/mol. The van der Waals surface area contributed by atoms with Crippen molar-refractivity contribution in [3.8, 4) is 0 Å². The lowest BCUT2D eigenvalue weighted by atomic mass is 9.86. The highest BCUT2D eigenvalue weighted by Gasteiger charge is 2.52. The highest BCUT2D eigenvalue weighted by molar-refractivity contribution is 5.82. The first-order chi connectivity index (χ1) is 9.03.